The molecule has 1 aromatic carbocycles. The van der Waals surface area contributed by atoms with Crippen LogP contribution < -0.4 is 0 Å². The minimum atomic E-state index is -3.61. The Kier molecular flexibility index (Phi) is 6.16. The molecule has 0 aliphatic carbocycles. The third-order valence-electron chi connectivity index (χ3n) is 4.39. The Bertz CT molecular complexity index is 670. The smallest absolute Gasteiger partial charge is 0.264 e. The van der Waals surface area contributed by atoms with Crippen molar-refractivity contribution in [3.8, 4) is 6.07 Å². The van der Waals surface area contributed by atoms with E-state index in [4.69, 9.17) is 9.44 Å². The van der Waals surface area contributed by atoms with Crippen molar-refractivity contribution in [1.82, 2.24) is 0 Å². The maximum atomic E-state index is 11.5. The lowest BCUT2D eigenvalue weighted by Gasteiger charge is -2.36. The van der Waals surface area contributed by atoms with Crippen molar-refractivity contribution >= 4 is 18.4 Å². The number of hydrogen-bond acceptors (Lipinski definition) is 5. The van der Waals surface area contributed by atoms with Gasteiger partial charge in [-0.15, -0.1) is 0 Å². The van der Waals surface area contributed by atoms with Crippen molar-refractivity contribution < 1.29 is 17.4 Å². The Balaban J connectivity index is 3.00. The van der Waals surface area contributed by atoms with Gasteiger partial charge in [-0.25, -0.2) is 0 Å². The highest BCUT2D eigenvalue weighted by molar-refractivity contribution is 7.86. The second-order valence-electron chi connectivity index (χ2n) is 7.00. The average molecular weight is 356 g/mol. The second-order valence-corrected chi connectivity index (χ2v) is 13.1. The van der Waals surface area contributed by atoms with Gasteiger partial charge in [0, 0.05) is 0 Å². The second kappa shape index (κ2) is 7.14. The van der Waals surface area contributed by atoms with E-state index >= 15 is 0 Å². The van der Waals surface area contributed by atoms with Crippen molar-refractivity contribution in [2.24, 2.45) is 0 Å². The highest BCUT2D eigenvalue weighted by Crippen LogP contribution is 2.42. The first-order valence-electron chi connectivity index (χ1n) is 7.46. The first-order chi connectivity index (χ1) is 10.4. The number of hydrogen-bond donors (Lipinski definition) is 1. The first-order valence-corrected chi connectivity index (χ1v) is 12.2. The van der Waals surface area contributed by atoms with Crippen LogP contribution >= 0.6 is 0 Å². The quantitative estimate of drug-likeness (QED) is 0.599. The largest absolute Gasteiger partial charge is 0.432 e. The summed E-state index contributed by atoms with van der Waals surface area (Å²) < 4.78 is 28.3. The molecule has 0 aliphatic rings. The Morgan fingerprint density at radius 1 is 1.30 bits per heavy atom. The van der Waals surface area contributed by atoms with Gasteiger partial charge in [-0.1, -0.05) is 26.0 Å². The number of rotatable bonds is 7. The number of nitriles is 1. The van der Waals surface area contributed by atoms with Crippen LogP contribution in [0.1, 0.15) is 43.9 Å². The van der Waals surface area contributed by atoms with Gasteiger partial charge in [0.15, 0.2) is 8.32 Å². The van der Waals surface area contributed by atoms with E-state index in [2.05, 4.69) is 0 Å². The van der Waals surface area contributed by atoms with Crippen LogP contribution in [0.25, 0.3) is 0 Å². The van der Waals surface area contributed by atoms with Crippen molar-refractivity contribution in [2.45, 2.75) is 50.9 Å². The molecule has 0 bridgehead atoms. The summed E-state index contributed by atoms with van der Waals surface area (Å²) in [4.78, 5) is 10.4. The lowest BCUT2D eigenvalue weighted by molar-refractivity contribution is 0.194. The van der Waals surface area contributed by atoms with Gasteiger partial charge in [-0.2, -0.15) is 13.7 Å². The molecular formula is C16H25NO4SSi. The molecule has 0 spiro atoms. The van der Waals surface area contributed by atoms with E-state index in [1.807, 2.05) is 33.0 Å². The number of benzene rings is 1. The van der Waals surface area contributed by atoms with Crippen LogP contribution in [-0.2, 0) is 14.3 Å². The van der Waals surface area contributed by atoms with E-state index in [1.54, 1.807) is 24.3 Å². The standard InChI is InChI=1S/C16H25NO4SSi/c1-16(2,23(4,5)20)11-10-15(21-22(3,18)19)14-8-6-13(12-17)7-9-14/h6-9,15,20H,10-11H2,1-5H3/t15-/m1/s1. The zero-order valence-electron chi connectivity index (χ0n) is 14.3. The van der Waals surface area contributed by atoms with Gasteiger partial charge in [0.1, 0.15) is 6.10 Å². The summed E-state index contributed by atoms with van der Waals surface area (Å²) >= 11 is 0. The molecule has 1 aromatic rings. The van der Waals surface area contributed by atoms with Crippen LogP contribution in [-0.4, -0.2) is 27.8 Å². The van der Waals surface area contributed by atoms with E-state index in [9.17, 15) is 13.2 Å². The van der Waals surface area contributed by atoms with Crippen molar-refractivity contribution in [3.63, 3.8) is 0 Å². The molecule has 0 amide bonds. The summed E-state index contributed by atoms with van der Waals surface area (Å²) in [6, 6.07) is 8.74. The van der Waals surface area contributed by atoms with Crippen molar-refractivity contribution in [2.75, 3.05) is 6.26 Å². The minimum Gasteiger partial charge on any atom is -0.432 e. The molecule has 0 heterocycles. The van der Waals surface area contributed by atoms with E-state index in [1.165, 1.54) is 0 Å². The normalized spacial score (nSPS) is 14.3. The predicted octanol–water partition coefficient (Wildman–Crippen LogP) is 3.33. The molecule has 0 radical (unpaired) electrons. The first kappa shape index (κ1) is 19.8. The fourth-order valence-electron chi connectivity index (χ4n) is 2.05. The highest BCUT2D eigenvalue weighted by atomic mass is 32.2. The molecule has 1 atom stereocenters. The number of nitrogens with zero attached hydrogens (tertiary/aromatic N) is 1. The van der Waals surface area contributed by atoms with Crippen LogP contribution in [0.2, 0.25) is 18.1 Å². The molecule has 23 heavy (non-hydrogen) atoms. The van der Waals surface area contributed by atoms with Crippen LogP contribution in [0.3, 0.4) is 0 Å². The van der Waals surface area contributed by atoms with Crippen LogP contribution in [0.5, 0.6) is 0 Å². The van der Waals surface area contributed by atoms with E-state index < -0.39 is 24.5 Å². The Morgan fingerprint density at radius 2 is 1.83 bits per heavy atom. The van der Waals surface area contributed by atoms with Crippen LogP contribution in [0.4, 0.5) is 0 Å². The fourth-order valence-corrected chi connectivity index (χ4v) is 3.44. The third kappa shape index (κ3) is 6.07. The maximum absolute atomic E-state index is 11.5. The summed E-state index contributed by atoms with van der Waals surface area (Å²) in [5.41, 5.74) is 1.22. The minimum absolute atomic E-state index is 0.265. The zero-order chi connectivity index (χ0) is 17.9. The molecule has 1 N–H and O–H groups in total. The van der Waals surface area contributed by atoms with Gasteiger partial charge in [0.25, 0.3) is 10.1 Å². The molecule has 128 valence electrons. The molecule has 0 fully saturated rings. The van der Waals surface area contributed by atoms with Crippen LogP contribution in [0, 0.1) is 11.3 Å². The lowest BCUT2D eigenvalue weighted by atomic mass is 9.98. The maximum Gasteiger partial charge on any atom is 0.264 e. The van der Waals surface area contributed by atoms with Gasteiger partial charge >= 0.3 is 0 Å². The average Bonchev–Trinajstić information content (AvgIpc) is 2.41. The van der Waals surface area contributed by atoms with Gasteiger partial charge in [-0.05, 0) is 48.7 Å². The molecule has 7 heteroatoms. The lowest BCUT2D eigenvalue weighted by Crippen LogP contribution is -2.39. The van der Waals surface area contributed by atoms with Crippen molar-refractivity contribution in [3.05, 3.63) is 35.4 Å². The molecule has 5 nitrogen and oxygen atoms in total. The Labute approximate surface area is 140 Å². The third-order valence-corrected chi connectivity index (χ3v) is 8.53. The molecule has 0 aliphatic heterocycles. The van der Waals surface area contributed by atoms with E-state index in [0.717, 1.165) is 6.26 Å². The summed E-state index contributed by atoms with van der Waals surface area (Å²) in [5.74, 6) is 0. The van der Waals surface area contributed by atoms with Gasteiger partial charge in [0.05, 0.1) is 17.9 Å². The Morgan fingerprint density at radius 3 is 2.22 bits per heavy atom. The van der Waals surface area contributed by atoms with E-state index in [-0.39, 0.29) is 5.04 Å². The van der Waals surface area contributed by atoms with Gasteiger partial charge < -0.3 is 4.80 Å². The summed E-state index contributed by atoms with van der Waals surface area (Å²) in [6.45, 7) is 7.74. The zero-order valence-corrected chi connectivity index (χ0v) is 16.1. The summed E-state index contributed by atoms with van der Waals surface area (Å²) in [5, 5.41) is 8.59. The SMILES string of the molecule is CC(C)(CC[C@@H](OS(C)(=O)=O)c1ccc(C#N)cc1)[Si](C)(C)O. The molecular weight excluding hydrogens is 330 g/mol. The molecule has 0 saturated carbocycles. The fraction of sp³-hybridized carbons (Fsp3) is 0.562. The Hall–Kier alpha value is -1.20. The molecule has 1 rings (SSSR count). The van der Waals surface area contributed by atoms with Gasteiger partial charge in [0.2, 0.25) is 0 Å². The summed E-state index contributed by atoms with van der Waals surface area (Å²) in [7, 11) is -5.98. The molecule has 0 saturated heterocycles. The monoisotopic (exact) mass is 355 g/mol. The summed E-state index contributed by atoms with van der Waals surface area (Å²) in [6.07, 6.45) is 1.53. The van der Waals surface area contributed by atoms with Crippen molar-refractivity contribution in [1.29, 1.82) is 5.26 Å². The van der Waals surface area contributed by atoms with Crippen LogP contribution in [0.15, 0.2) is 24.3 Å². The van der Waals surface area contributed by atoms with Gasteiger partial charge in [-0.3, -0.25) is 4.18 Å². The molecule has 0 aromatic heterocycles. The van der Waals surface area contributed by atoms with E-state index in [0.29, 0.717) is 24.0 Å². The topological polar surface area (TPSA) is 87.4 Å². The highest BCUT2D eigenvalue weighted by Gasteiger charge is 2.38. The molecule has 0 unspecified atom stereocenters. The predicted molar refractivity (Wildman–Crippen MR) is 92.8 cm³/mol.